The van der Waals surface area contributed by atoms with Gasteiger partial charge in [0.25, 0.3) is 11.8 Å². The summed E-state index contributed by atoms with van der Waals surface area (Å²) >= 11 is 1.85. The zero-order chi connectivity index (χ0) is 13.8. The number of rotatable bonds is 2. The van der Waals surface area contributed by atoms with E-state index in [1.807, 2.05) is 22.6 Å². The van der Waals surface area contributed by atoms with Gasteiger partial charge in [0, 0.05) is 9.77 Å². The molecule has 0 radical (unpaired) electrons. The number of hydrogen-bond acceptors (Lipinski definition) is 2. The molecule has 0 fully saturated rings. The van der Waals surface area contributed by atoms with E-state index in [0.29, 0.717) is 9.26 Å². The summed E-state index contributed by atoms with van der Waals surface area (Å²) in [4.78, 5) is 26.1. The molecule has 7 heteroatoms. The fourth-order valence-corrected chi connectivity index (χ4v) is 2.12. The molecule has 0 aliphatic rings. The quantitative estimate of drug-likeness (QED) is 0.555. The minimum atomic E-state index is -0.510. The molecule has 0 unspecified atom stereocenters. The van der Waals surface area contributed by atoms with Crippen LogP contribution in [0, 0.1) is 9.39 Å². The van der Waals surface area contributed by atoms with Gasteiger partial charge in [-0.2, -0.15) is 0 Å². The minimum Gasteiger partial charge on any atom is -0.357 e. The van der Waals surface area contributed by atoms with Crippen LogP contribution in [0.4, 0.5) is 4.39 Å². The van der Waals surface area contributed by atoms with Crippen molar-refractivity contribution in [1.82, 2.24) is 15.8 Å². The number of aromatic nitrogens is 1. The van der Waals surface area contributed by atoms with Gasteiger partial charge in [0.1, 0.15) is 11.5 Å². The molecule has 0 aliphatic heterocycles. The third-order valence-corrected chi connectivity index (χ3v) is 3.20. The highest BCUT2D eigenvalue weighted by molar-refractivity contribution is 14.1. The number of carbonyl (C=O) groups is 2. The molecule has 2 aromatic rings. The van der Waals surface area contributed by atoms with Crippen molar-refractivity contribution in [2.45, 2.75) is 0 Å². The smallest absolute Gasteiger partial charge is 0.286 e. The first kappa shape index (κ1) is 13.5. The molecule has 0 saturated heterocycles. The third kappa shape index (κ3) is 3.31. The van der Waals surface area contributed by atoms with Crippen LogP contribution in [0.2, 0.25) is 0 Å². The largest absolute Gasteiger partial charge is 0.357 e. The molecule has 0 atom stereocenters. The van der Waals surface area contributed by atoms with Crippen LogP contribution in [0.1, 0.15) is 20.8 Å². The maximum Gasteiger partial charge on any atom is 0.286 e. The second-order valence-corrected chi connectivity index (χ2v) is 4.78. The van der Waals surface area contributed by atoms with Gasteiger partial charge in [0.2, 0.25) is 0 Å². The Hall–Kier alpha value is -1.90. The monoisotopic (exact) mass is 373 g/mol. The Kier molecular flexibility index (Phi) is 4.15. The zero-order valence-electron chi connectivity index (χ0n) is 9.54. The highest BCUT2D eigenvalue weighted by atomic mass is 127. The van der Waals surface area contributed by atoms with Gasteiger partial charge in [-0.3, -0.25) is 20.4 Å². The van der Waals surface area contributed by atoms with Crippen molar-refractivity contribution in [1.29, 1.82) is 0 Å². The van der Waals surface area contributed by atoms with Crippen molar-refractivity contribution in [3.8, 4) is 0 Å². The lowest BCUT2D eigenvalue weighted by Gasteiger charge is -2.07. The summed E-state index contributed by atoms with van der Waals surface area (Å²) in [7, 11) is 0. The first-order chi connectivity index (χ1) is 9.08. The average Bonchev–Trinajstić information content (AvgIpc) is 2.89. The average molecular weight is 373 g/mol. The first-order valence-electron chi connectivity index (χ1n) is 5.27. The molecular weight excluding hydrogens is 364 g/mol. The molecule has 1 aromatic carbocycles. The van der Waals surface area contributed by atoms with Crippen molar-refractivity contribution < 1.29 is 14.0 Å². The molecule has 98 valence electrons. The van der Waals surface area contributed by atoms with Crippen LogP contribution in [-0.4, -0.2) is 16.8 Å². The molecule has 2 rings (SSSR count). The summed E-state index contributed by atoms with van der Waals surface area (Å²) in [5.74, 6) is -1.39. The van der Waals surface area contributed by atoms with E-state index >= 15 is 0 Å². The van der Waals surface area contributed by atoms with E-state index in [2.05, 4.69) is 15.8 Å². The van der Waals surface area contributed by atoms with Crippen molar-refractivity contribution in [3.05, 3.63) is 57.2 Å². The van der Waals surface area contributed by atoms with Gasteiger partial charge in [-0.1, -0.05) is 0 Å². The van der Waals surface area contributed by atoms with Gasteiger partial charge >= 0.3 is 0 Å². The first-order valence-corrected chi connectivity index (χ1v) is 6.35. The SMILES string of the molecule is O=C(NNC(=O)c1ccc(F)cc1I)c1ccc[nH]1. The number of nitrogens with one attached hydrogen (secondary N) is 3. The summed E-state index contributed by atoms with van der Waals surface area (Å²) in [6, 6.07) is 7.02. The van der Waals surface area contributed by atoms with E-state index in [-0.39, 0.29) is 5.56 Å². The van der Waals surface area contributed by atoms with Crippen LogP contribution in [0.25, 0.3) is 0 Å². The normalized spacial score (nSPS) is 10.0. The second kappa shape index (κ2) is 5.83. The predicted octanol–water partition coefficient (Wildman–Crippen LogP) is 1.83. The highest BCUT2D eigenvalue weighted by Crippen LogP contribution is 2.13. The van der Waals surface area contributed by atoms with Crippen molar-refractivity contribution in [3.63, 3.8) is 0 Å². The Balaban J connectivity index is 2.00. The molecule has 5 nitrogen and oxygen atoms in total. The van der Waals surface area contributed by atoms with Gasteiger partial charge in [-0.15, -0.1) is 0 Å². The molecule has 0 saturated carbocycles. The van der Waals surface area contributed by atoms with Gasteiger partial charge < -0.3 is 4.98 Å². The summed E-state index contributed by atoms with van der Waals surface area (Å²) < 4.78 is 13.4. The summed E-state index contributed by atoms with van der Waals surface area (Å²) in [5, 5.41) is 0. The van der Waals surface area contributed by atoms with Crippen molar-refractivity contribution >= 4 is 34.4 Å². The molecular formula is C12H9FIN3O2. The number of halogens is 2. The summed E-state index contributed by atoms with van der Waals surface area (Å²) in [6.45, 7) is 0. The molecule has 1 aromatic heterocycles. The van der Waals surface area contributed by atoms with Crippen LogP contribution in [0.5, 0.6) is 0 Å². The Morgan fingerprint density at radius 2 is 1.89 bits per heavy atom. The van der Waals surface area contributed by atoms with E-state index < -0.39 is 17.6 Å². The summed E-state index contributed by atoms with van der Waals surface area (Å²) in [6.07, 6.45) is 1.60. The number of H-pyrrole nitrogens is 1. The molecule has 0 aliphatic carbocycles. The lowest BCUT2D eigenvalue weighted by atomic mass is 10.2. The highest BCUT2D eigenvalue weighted by Gasteiger charge is 2.12. The topological polar surface area (TPSA) is 74.0 Å². The number of amides is 2. The maximum absolute atomic E-state index is 12.9. The fourth-order valence-electron chi connectivity index (χ4n) is 1.39. The van der Waals surface area contributed by atoms with Gasteiger partial charge in [0.15, 0.2) is 0 Å². The molecule has 0 spiro atoms. The lowest BCUT2D eigenvalue weighted by Crippen LogP contribution is -2.42. The molecule has 1 heterocycles. The maximum atomic E-state index is 12.9. The Bertz CT molecular complexity index is 613. The zero-order valence-corrected chi connectivity index (χ0v) is 11.7. The Labute approximate surface area is 121 Å². The van der Waals surface area contributed by atoms with Crippen LogP contribution >= 0.6 is 22.6 Å². The number of benzene rings is 1. The molecule has 2 amide bonds. The van der Waals surface area contributed by atoms with E-state index in [1.165, 1.54) is 18.2 Å². The number of hydrogen-bond donors (Lipinski definition) is 3. The lowest BCUT2D eigenvalue weighted by molar-refractivity contribution is 0.0844. The third-order valence-electron chi connectivity index (χ3n) is 2.31. The number of hydrazine groups is 1. The second-order valence-electron chi connectivity index (χ2n) is 3.62. The predicted molar refractivity (Wildman–Crippen MR) is 74.8 cm³/mol. The van der Waals surface area contributed by atoms with Crippen molar-refractivity contribution in [2.24, 2.45) is 0 Å². The van der Waals surface area contributed by atoms with Crippen LogP contribution in [-0.2, 0) is 0 Å². The molecule has 3 N–H and O–H groups in total. The van der Waals surface area contributed by atoms with E-state index in [9.17, 15) is 14.0 Å². The van der Waals surface area contributed by atoms with E-state index in [4.69, 9.17) is 0 Å². The van der Waals surface area contributed by atoms with Crippen LogP contribution < -0.4 is 10.9 Å². The van der Waals surface area contributed by atoms with Gasteiger partial charge in [-0.25, -0.2) is 4.39 Å². The number of aromatic amines is 1. The van der Waals surface area contributed by atoms with E-state index in [0.717, 1.165) is 0 Å². The van der Waals surface area contributed by atoms with Gasteiger partial charge in [-0.05, 0) is 52.9 Å². The van der Waals surface area contributed by atoms with Crippen LogP contribution in [0.3, 0.4) is 0 Å². The minimum absolute atomic E-state index is 0.286. The fraction of sp³-hybridized carbons (Fsp3) is 0. The Morgan fingerprint density at radius 1 is 1.16 bits per heavy atom. The molecule has 19 heavy (non-hydrogen) atoms. The van der Waals surface area contributed by atoms with Crippen LogP contribution in [0.15, 0.2) is 36.5 Å². The standard InChI is InChI=1S/C12H9FIN3O2/c13-7-3-4-8(9(14)6-7)11(18)16-17-12(19)10-2-1-5-15-10/h1-6,15H,(H,16,18)(H,17,19). The van der Waals surface area contributed by atoms with Gasteiger partial charge in [0.05, 0.1) is 5.56 Å². The molecule has 0 bridgehead atoms. The van der Waals surface area contributed by atoms with E-state index in [1.54, 1.807) is 18.3 Å². The van der Waals surface area contributed by atoms with Crippen molar-refractivity contribution in [2.75, 3.05) is 0 Å². The Morgan fingerprint density at radius 3 is 2.53 bits per heavy atom. The number of carbonyl (C=O) groups excluding carboxylic acids is 2. The summed E-state index contributed by atoms with van der Waals surface area (Å²) in [5.41, 5.74) is 5.13.